The topological polar surface area (TPSA) is 46.9 Å². The van der Waals surface area contributed by atoms with E-state index in [1.54, 1.807) is 30.3 Å². The van der Waals surface area contributed by atoms with E-state index >= 15 is 0 Å². The first-order chi connectivity index (χ1) is 9.40. The minimum Gasteiger partial charge on any atom is -0.369 e. The number of hydrogen-bond acceptors (Lipinski definition) is 3. The maximum Gasteiger partial charge on any atom is 0.406 e. The highest BCUT2D eigenvalue weighted by molar-refractivity contribution is 5.59. The first-order valence-corrected chi connectivity index (χ1v) is 5.82. The van der Waals surface area contributed by atoms with Crippen LogP contribution < -0.4 is 10.9 Å². The van der Waals surface area contributed by atoms with E-state index < -0.39 is 18.3 Å². The van der Waals surface area contributed by atoms with Gasteiger partial charge >= 0.3 is 6.18 Å². The summed E-state index contributed by atoms with van der Waals surface area (Å²) in [4.78, 5) is 15.8. The predicted molar refractivity (Wildman–Crippen MR) is 69.5 cm³/mol. The van der Waals surface area contributed by atoms with Gasteiger partial charge in [0.1, 0.15) is 6.54 Å². The number of anilines is 1. The van der Waals surface area contributed by atoms with Crippen molar-refractivity contribution in [3.8, 4) is 11.3 Å². The van der Waals surface area contributed by atoms with Crippen LogP contribution in [-0.4, -0.2) is 22.8 Å². The van der Waals surface area contributed by atoms with Crippen molar-refractivity contribution in [1.82, 2.24) is 9.55 Å². The summed E-state index contributed by atoms with van der Waals surface area (Å²) in [5, 5.41) is 2.52. The molecule has 4 nitrogen and oxygen atoms in total. The molecule has 0 radical (unpaired) electrons. The van der Waals surface area contributed by atoms with Crippen LogP contribution in [0.1, 0.15) is 0 Å². The van der Waals surface area contributed by atoms with E-state index in [4.69, 9.17) is 0 Å². The highest BCUT2D eigenvalue weighted by Crippen LogP contribution is 2.20. The molecule has 0 spiro atoms. The van der Waals surface area contributed by atoms with Crippen LogP contribution >= 0.6 is 0 Å². The maximum absolute atomic E-state index is 12.5. The van der Waals surface area contributed by atoms with Gasteiger partial charge in [0.05, 0.1) is 5.69 Å². The Morgan fingerprint density at radius 2 is 1.90 bits per heavy atom. The number of benzene rings is 1. The maximum atomic E-state index is 12.5. The van der Waals surface area contributed by atoms with Crippen molar-refractivity contribution in [2.45, 2.75) is 12.7 Å². The third-order valence-electron chi connectivity index (χ3n) is 2.63. The number of hydrogen-bond donors (Lipinski definition) is 1. The fourth-order valence-electron chi connectivity index (χ4n) is 1.76. The molecule has 0 atom stereocenters. The summed E-state index contributed by atoms with van der Waals surface area (Å²) in [7, 11) is 1.44. The Hall–Kier alpha value is -2.31. The number of rotatable bonds is 3. The van der Waals surface area contributed by atoms with Gasteiger partial charge in [-0.3, -0.25) is 4.79 Å². The average Bonchev–Trinajstić information content (AvgIpc) is 2.40. The van der Waals surface area contributed by atoms with Crippen molar-refractivity contribution in [2.24, 2.45) is 0 Å². The SMILES string of the molecule is CNc1nc(-c2ccccc2)cn(CC(F)(F)F)c1=O. The fraction of sp³-hybridized carbons (Fsp3) is 0.231. The van der Waals surface area contributed by atoms with Crippen molar-refractivity contribution in [2.75, 3.05) is 12.4 Å². The minimum absolute atomic E-state index is 0.115. The minimum atomic E-state index is -4.47. The first-order valence-electron chi connectivity index (χ1n) is 5.82. The molecular weight excluding hydrogens is 271 g/mol. The smallest absolute Gasteiger partial charge is 0.369 e. The Morgan fingerprint density at radius 3 is 2.45 bits per heavy atom. The lowest BCUT2D eigenvalue weighted by Gasteiger charge is -2.12. The molecule has 0 aliphatic rings. The van der Waals surface area contributed by atoms with E-state index in [2.05, 4.69) is 10.3 Å². The second-order valence-corrected chi connectivity index (χ2v) is 4.14. The molecule has 1 heterocycles. The van der Waals surface area contributed by atoms with Gasteiger partial charge in [-0.1, -0.05) is 30.3 Å². The number of aromatic nitrogens is 2. The van der Waals surface area contributed by atoms with Gasteiger partial charge in [0.15, 0.2) is 5.82 Å². The molecule has 1 aromatic heterocycles. The molecule has 2 aromatic rings. The van der Waals surface area contributed by atoms with Crippen LogP contribution in [0.25, 0.3) is 11.3 Å². The van der Waals surface area contributed by atoms with Gasteiger partial charge in [-0.2, -0.15) is 13.2 Å². The summed E-state index contributed by atoms with van der Waals surface area (Å²) < 4.78 is 38.1. The van der Waals surface area contributed by atoms with E-state index in [1.807, 2.05) is 0 Å². The number of nitrogens with zero attached hydrogens (tertiary/aromatic N) is 2. The van der Waals surface area contributed by atoms with Crippen LogP contribution in [0.5, 0.6) is 0 Å². The van der Waals surface area contributed by atoms with Gasteiger partial charge < -0.3 is 9.88 Å². The van der Waals surface area contributed by atoms with Crippen LogP contribution in [0, 0.1) is 0 Å². The zero-order valence-electron chi connectivity index (χ0n) is 10.6. The largest absolute Gasteiger partial charge is 0.406 e. The molecule has 0 fully saturated rings. The molecule has 7 heteroatoms. The molecule has 20 heavy (non-hydrogen) atoms. The Bertz CT molecular complexity index is 650. The van der Waals surface area contributed by atoms with Crippen molar-refractivity contribution in [1.29, 1.82) is 0 Å². The molecule has 0 unspecified atom stereocenters. The number of alkyl halides is 3. The van der Waals surface area contributed by atoms with Crippen molar-refractivity contribution < 1.29 is 13.2 Å². The van der Waals surface area contributed by atoms with Crippen molar-refractivity contribution in [3.63, 3.8) is 0 Å². The summed E-state index contributed by atoms with van der Waals surface area (Å²) in [6.07, 6.45) is -3.35. The summed E-state index contributed by atoms with van der Waals surface area (Å²) >= 11 is 0. The third kappa shape index (κ3) is 3.17. The second kappa shape index (κ2) is 5.36. The highest BCUT2D eigenvalue weighted by atomic mass is 19.4. The quantitative estimate of drug-likeness (QED) is 0.941. The fourth-order valence-corrected chi connectivity index (χ4v) is 1.76. The summed E-state index contributed by atoms with van der Waals surface area (Å²) in [6, 6.07) is 8.70. The van der Waals surface area contributed by atoms with Crippen LogP contribution in [0.4, 0.5) is 19.0 Å². The van der Waals surface area contributed by atoms with Gasteiger partial charge in [-0.15, -0.1) is 0 Å². The second-order valence-electron chi connectivity index (χ2n) is 4.14. The van der Waals surface area contributed by atoms with Gasteiger partial charge in [-0.25, -0.2) is 4.98 Å². The lowest BCUT2D eigenvalue weighted by molar-refractivity contribution is -0.141. The van der Waals surface area contributed by atoms with Crippen LogP contribution in [0.2, 0.25) is 0 Å². The van der Waals surface area contributed by atoms with E-state index in [0.29, 0.717) is 15.8 Å². The van der Waals surface area contributed by atoms with Gasteiger partial charge in [-0.05, 0) is 0 Å². The summed E-state index contributed by atoms with van der Waals surface area (Å²) in [6.45, 7) is -1.34. The lowest BCUT2D eigenvalue weighted by atomic mass is 10.2. The Morgan fingerprint density at radius 1 is 1.25 bits per heavy atom. The molecule has 0 saturated heterocycles. The van der Waals surface area contributed by atoms with E-state index in [-0.39, 0.29) is 5.82 Å². The van der Waals surface area contributed by atoms with E-state index in [1.165, 1.54) is 7.05 Å². The lowest BCUT2D eigenvalue weighted by Crippen LogP contribution is -2.30. The standard InChI is InChI=1S/C13H12F3N3O/c1-17-11-12(20)19(8-13(14,15)16)7-10(18-11)9-5-3-2-4-6-9/h2-7H,8H2,1H3,(H,17,18). The molecule has 0 aliphatic carbocycles. The van der Waals surface area contributed by atoms with Gasteiger partial charge in [0.2, 0.25) is 0 Å². The molecule has 0 aliphatic heterocycles. The molecule has 1 N–H and O–H groups in total. The molecule has 2 rings (SSSR count). The zero-order valence-corrected chi connectivity index (χ0v) is 10.6. The van der Waals surface area contributed by atoms with Crippen molar-refractivity contribution >= 4 is 5.82 Å². The molecule has 106 valence electrons. The molecular formula is C13H12F3N3O. The molecule has 0 bridgehead atoms. The predicted octanol–water partition coefficient (Wildman–Crippen LogP) is 2.51. The Labute approximate surface area is 112 Å². The number of nitrogens with one attached hydrogen (secondary N) is 1. The van der Waals surface area contributed by atoms with Crippen LogP contribution in [-0.2, 0) is 6.54 Å². The summed E-state index contributed by atoms with van der Waals surface area (Å²) in [5.41, 5.74) is 0.142. The van der Waals surface area contributed by atoms with Crippen molar-refractivity contribution in [3.05, 3.63) is 46.9 Å². The average molecular weight is 283 g/mol. The zero-order chi connectivity index (χ0) is 14.8. The normalized spacial score (nSPS) is 11.4. The molecule has 0 amide bonds. The van der Waals surface area contributed by atoms with Gasteiger partial charge in [0.25, 0.3) is 5.56 Å². The molecule has 1 aromatic carbocycles. The van der Waals surface area contributed by atoms with E-state index in [9.17, 15) is 18.0 Å². The van der Waals surface area contributed by atoms with Crippen LogP contribution in [0.15, 0.2) is 41.3 Å². The third-order valence-corrected chi connectivity index (χ3v) is 2.63. The monoisotopic (exact) mass is 283 g/mol. The van der Waals surface area contributed by atoms with E-state index in [0.717, 1.165) is 6.20 Å². The Balaban J connectivity index is 2.55. The summed E-state index contributed by atoms with van der Waals surface area (Å²) in [5.74, 6) is -0.115. The van der Waals surface area contributed by atoms with Crippen LogP contribution in [0.3, 0.4) is 0 Å². The first kappa shape index (κ1) is 14.1. The Kier molecular flexibility index (Phi) is 3.78. The molecule has 0 saturated carbocycles. The van der Waals surface area contributed by atoms with Gasteiger partial charge in [0, 0.05) is 18.8 Å². The number of halogens is 3. The highest BCUT2D eigenvalue weighted by Gasteiger charge is 2.29.